The molecule has 0 amide bonds. The van der Waals surface area contributed by atoms with Gasteiger partial charge in [0.05, 0.1) is 34.4 Å². The van der Waals surface area contributed by atoms with Crippen LogP contribution in [0.3, 0.4) is 0 Å². The van der Waals surface area contributed by atoms with E-state index in [2.05, 4.69) is 10.3 Å². The van der Waals surface area contributed by atoms with Crippen LogP contribution in [0.15, 0.2) is 40.5 Å². The Balaban J connectivity index is 1.87. The molecule has 3 N–H and O–H groups in total. The van der Waals surface area contributed by atoms with Gasteiger partial charge in [0.2, 0.25) is 0 Å². The van der Waals surface area contributed by atoms with E-state index in [4.69, 9.17) is 10.2 Å². The van der Waals surface area contributed by atoms with Gasteiger partial charge in [0.1, 0.15) is 11.3 Å². The minimum Gasteiger partial charge on any atom is -0.467 e. The molecule has 0 spiro atoms. The van der Waals surface area contributed by atoms with Crippen molar-refractivity contribution in [2.45, 2.75) is 6.54 Å². The Labute approximate surface area is 102 Å². The summed E-state index contributed by atoms with van der Waals surface area (Å²) in [5.41, 5.74) is 10.3. The van der Waals surface area contributed by atoms with E-state index in [0.717, 1.165) is 21.7 Å². The first-order valence-corrected chi connectivity index (χ1v) is 6.10. The normalized spacial score (nSPS) is 10.8. The number of benzene rings is 1. The summed E-state index contributed by atoms with van der Waals surface area (Å²) < 4.78 is 6.35. The number of nitrogen functional groups attached to an aromatic ring is 1. The monoisotopic (exact) mass is 245 g/mol. The number of rotatable bonds is 3. The van der Waals surface area contributed by atoms with Crippen LogP contribution in [0.1, 0.15) is 5.76 Å². The van der Waals surface area contributed by atoms with Crippen molar-refractivity contribution in [3.8, 4) is 0 Å². The second kappa shape index (κ2) is 4.10. The molecule has 0 aliphatic heterocycles. The number of furan rings is 1. The summed E-state index contributed by atoms with van der Waals surface area (Å²) >= 11 is 1.59. The molecule has 5 heteroatoms. The molecular weight excluding hydrogens is 234 g/mol. The highest BCUT2D eigenvalue weighted by atomic mass is 32.1. The van der Waals surface area contributed by atoms with E-state index in [9.17, 15) is 0 Å². The highest BCUT2D eigenvalue weighted by Crippen LogP contribution is 2.30. The molecule has 0 atom stereocenters. The minimum absolute atomic E-state index is 0.618. The Morgan fingerprint density at radius 3 is 3.12 bits per heavy atom. The smallest absolute Gasteiger partial charge is 0.122 e. The van der Waals surface area contributed by atoms with E-state index in [-0.39, 0.29) is 0 Å². The summed E-state index contributed by atoms with van der Waals surface area (Å²) in [5.74, 6) is 0.878. The zero-order valence-corrected chi connectivity index (χ0v) is 9.83. The average Bonchev–Trinajstić information content (AvgIpc) is 2.99. The van der Waals surface area contributed by atoms with Gasteiger partial charge in [0.15, 0.2) is 0 Å². The van der Waals surface area contributed by atoms with Gasteiger partial charge in [-0.05, 0) is 24.3 Å². The highest BCUT2D eigenvalue weighted by molar-refractivity contribution is 7.16. The molecule has 0 aliphatic rings. The number of nitrogens with two attached hydrogens (primary N) is 1. The standard InChI is InChI=1S/C12H11N3OS/c13-11-9(14-6-8-2-1-5-16-8)3-4-10-12(11)15-7-17-10/h1-5,7,14H,6,13H2. The summed E-state index contributed by atoms with van der Waals surface area (Å²) in [4.78, 5) is 4.25. The maximum atomic E-state index is 6.05. The van der Waals surface area contributed by atoms with Crippen molar-refractivity contribution in [2.24, 2.45) is 0 Å². The van der Waals surface area contributed by atoms with Gasteiger partial charge in [-0.15, -0.1) is 11.3 Å². The third kappa shape index (κ3) is 1.85. The van der Waals surface area contributed by atoms with Gasteiger partial charge in [-0.2, -0.15) is 0 Å². The molecule has 0 saturated carbocycles. The molecule has 0 aliphatic carbocycles. The lowest BCUT2D eigenvalue weighted by atomic mass is 10.2. The second-order valence-corrected chi connectivity index (χ2v) is 4.55. The summed E-state index contributed by atoms with van der Waals surface area (Å²) in [7, 11) is 0. The topological polar surface area (TPSA) is 64.1 Å². The molecule has 0 saturated heterocycles. The molecule has 2 aromatic heterocycles. The number of nitrogens with zero attached hydrogens (tertiary/aromatic N) is 1. The number of nitrogens with one attached hydrogen (secondary N) is 1. The molecule has 0 radical (unpaired) electrons. The van der Waals surface area contributed by atoms with Crippen LogP contribution in [0.5, 0.6) is 0 Å². The van der Waals surface area contributed by atoms with E-state index in [1.54, 1.807) is 23.1 Å². The van der Waals surface area contributed by atoms with Crippen LogP contribution in [-0.4, -0.2) is 4.98 Å². The first kappa shape index (κ1) is 10.2. The number of fused-ring (bicyclic) bond motifs is 1. The van der Waals surface area contributed by atoms with Gasteiger partial charge in [-0.25, -0.2) is 4.98 Å². The molecular formula is C12H11N3OS. The quantitative estimate of drug-likeness (QED) is 0.696. The van der Waals surface area contributed by atoms with Crippen LogP contribution < -0.4 is 11.1 Å². The van der Waals surface area contributed by atoms with E-state index in [0.29, 0.717) is 12.2 Å². The van der Waals surface area contributed by atoms with Crippen LogP contribution in [0.25, 0.3) is 10.2 Å². The lowest BCUT2D eigenvalue weighted by Gasteiger charge is -2.08. The van der Waals surface area contributed by atoms with Crippen LogP contribution in [0, 0.1) is 0 Å². The molecule has 17 heavy (non-hydrogen) atoms. The Morgan fingerprint density at radius 2 is 2.29 bits per heavy atom. The van der Waals surface area contributed by atoms with E-state index in [1.807, 2.05) is 24.3 Å². The largest absolute Gasteiger partial charge is 0.467 e. The maximum Gasteiger partial charge on any atom is 0.122 e. The number of hydrogen-bond donors (Lipinski definition) is 2. The van der Waals surface area contributed by atoms with Crippen molar-refractivity contribution in [1.82, 2.24) is 4.98 Å². The van der Waals surface area contributed by atoms with E-state index < -0.39 is 0 Å². The number of aromatic nitrogens is 1. The lowest BCUT2D eigenvalue weighted by Crippen LogP contribution is -2.01. The van der Waals surface area contributed by atoms with Gasteiger partial charge in [-0.1, -0.05) is 0 Å². The Kier molecular flexibility index (Phi) is 2.45. The Bertz CT molecular complexity index is 630. The molecule has 0 fully saturated rings. The first-order chi connectivity index (χ1) is 8.34. The molecule has 2 heterocycles. The molecule has 0 unspecified atom stereocenters. The zero-order chi connectivity index (χ0) is 11.7. The number of anilines is 2. The van der Waals surface area contributed by atoms with Gasteiger partial charge < -0.3 is 15.5 Å². The van der Waals surface area contributed by atoms with Crippen molar-refractivity contribution in [1.29, 1.82) is 0 Å². The second-order valence-electron chi connectivity index (χ2n) is 3.66. The lowest BCUT2D eigenvalue weighted by molar-refractivity contribution is 0.518. The zero-order valence-electron chi connectivity index (χ0n) is 9.01. The first-order valence-electron chi connectivity index (χ1n) is 5.22. The maximum absolute atomic E-state index is 6.05. The summed E-state index contributed by atoms with van der Waals surface area (Å²) in [6.07, 6.45) is 1.66. The van der Waals surface area contributed by atoms with Crippen LogP contribution >= 0.6 is 11.3 Å². The molecule has 0 bridgehead atoms. The molecule has 3 aromatic rings. The minimum atomic E-state index is 0.618. The van der Waals surface area contributed by atoms with Crippen molar-refractivity contribution >= 4 is 32.9 Å². The van der Waals surface area contributed by atoms with Gasteiger partial charge in [0, 0.05) is 0 Å². The highest BCUT2D eigenvalue weighted by Gasteiger charge is 2.06. The summed E-state index contributed by atoms with van der Waals surface area (Å²) in [6, 6.07) is 7.78. The van der Waals surface area contributed by atoms with Crippen molar-refractivity contribution in [2.75, 3.05) is 11.1 Å². The molecule has 4 nitrogen and oxygen atoms in total. The van der Waals surface area contributed by atoms with Crippen LogP contribution in [-0.2, 0) is 6.54 Å². The number of hydrogen-bond acceptors (Lipinski definition) is 5. The molecule has 86 valence electrons. The predicted molar refractivity (Wildman–Crippen MR) is 70.1 cm³/mol. The van der Waals surface area contributed by atoms with E-state index >= 15 is 0 Å². The average molecular weight is 245 g/mol. The third-order valence-electron chi connectivity index (χ3n) is 2.57. The van der Waals surface area contributed by atoms with Crippen LogP contribution in [0.4, 0.5) is 11.4 Å². The van der Waals surface area contributed by atoms with Gasteiger partial charge >= 0.3 is 0 Å². The third-order valence-corrected chi connectivity index (χ3v) is 3.37. The Morgan fingerprint density at radius 1 is 1.35 bits per heavy atom. The molecule has 3 rings (SSSR count). The Hall–Kier alpha value is -2.01. The van der Waals surface area contributed by atoms with Gasteiger partial charge in [0.25, 0.3) is 0 Å². The molecule has 1 aromatic carbocycles. The van der Waals surface area contributed by atoms with Crippen LogP contribution in [0.2, 0.25) is 0 Å². The predicted octanol–water partition coefficient (Wildman–Crippen LogP) is 3.08. The van der Waals surface area contributed by atoms with Crippen molar-refractivity contribution in [3.05, 3.63) is 41.8 Å². The SMILES string of the molecule is Nc1c(NCc2ccco2)ccc2scnc12. The van der Waals surface area contributed by atoms with Crippen molar-refractivity contribution in [3.63, 3.8) is 0 Å². The van der Waals surface area contributed by atoms with E-state index in [1.165, 1.54) is 0 Å². The fraction of sp³-hybridized carbons (Fsp3) is 0.0833. The number of thiazole rings is 1. The summed E-state index contributed by atoms with van der Waals surface area (Å²) in [5, 5.41) is 3.24. The fourth-order valence-corrected chi connectivity index (χ4v) is 2.39. The fourth-order valence-electron chi connectivity index (χ4n) is 1.70. The van der Waals surface area contributed by atoms with Crippen molar-refractivity contribution < 1.29 is 4.42 Å². The summed E-state index contributed by atoms with van der Waals surface area (Å²) in [6.45, 7) is 0.618. The van der Waals surface area contributed by atoms with Gasteiger partial charge in [-0.3, -0.25) is 0 Å².